The molecular formula is C13H19N3O2S. The van der Waals surface area contributed by atoms with Gasteiger partial charge >= 0.3 is 0 Å². The van der Waals surface area contributed by atoms with Crippen LogP contribution >= 0.6 is 12.2 Å². The largest absolute Gasteiger partial charge is 0.392 e. The molecule has 3 N–H and O–H groups in total. The van der Waals surface area contributed by atoms with Gasteiger partial charge in [0, 0.05) is 6.07 Å². The molecule has 1 heterocycles. The molecule has 2 rings (SSSR count). The molecule has 19 heavy (non-hydrogen) atoms. The normalized spacial score (nSPS) is 17.9. The van der Waals surface area contributed by atoms with Gasteiger partial charge in [-0.15, -0.1) is 0 Å². The topological polar surface area (TPSA) is 81.2 Å². The van der Waals surface area contributed by atoms with Crippen molar-refractivity contribution in [2.24, 2.45) is 11.1 Å². The molecule has 0 bridgehead atoms. The SMILES string of the molecule is Cc1cc(CNC(=O)C2(C(N)=S)CCCCC2)no1. The van der Waals surface area contributed by atoms with Crippen molar-refractivity contribution in [1.82, 2.24) is 10.5 Å². The van der Waals surface area contributed by atoms with E-state index >= 15 is 0 Å². The molecule has 5 nitrogen and oxygen atoms in total. The molecule has 1 aliphatic rings. The minimum absolute atomic E-state index is 0.0830. The molecule has 6 heteroatoms. The highest BCUT2D eigenvalue weighted by atomic mass is 32.1. The van der Waals surface area contributed by atoms with E-state index in [1.54, 1.807) is 6.07 Å². The van der Waals surface area contributed by atoms with Gasteiger partial charge in [-0.25, -0.2) is 0 Å². The highest BCUT2D eigenvalue weighted by molar-refractivity contribution is 7.80. The predicted molar refractivity (Wildman–Crippen MR) is 75.4 cm³/mol. The van der Waals surface area contributed by atoms with E-state index in [0.29, 0.717) is 17.2 Å². The summed E-state index contributed by atoms with van der Waals surface area (Å²) in [6.45, 7) is 2.16. The summed E-state index contributed by atoms with van der Waals surface area (Å²) >= 11 is 5.12. The van der Waals surface area contributed by atoms with Crippen LogP contribution in [-0.4, -0.2) is 16.1 Å². The van der Waals surface area contributed by atoms with Crippen LogP contribution in [0, 0.1) is 12.3 Å². The minimum Gasteiger partial charge on any atom is -0.392 e. The highest BCUT2D eigenvalue weighted by Crippen LogP contribution is 2.37. The number of thiocarbonyl (C=S) groups is 1. The molecule has 0 aliphatic heterocycles. The Balaban J connectivity index is 2.02. The Hall–Kier alpha value is -1.43. The van der Waals surface area contributed by atoms with Crippen LogP contribution in [0.2, 0.25) is 0 Å². The second kappa shape index (κ2) is 5.69. The smallest absolute Gasteiger partial charge is 0.233 e. The van der Waals surface area contributed by atoms with Crippen LogP contribution in [0.4, 0.5) is 0 Å². The summed E-state index contributed by atoms with van der Waals surface area (Å²) in [4.78, 5) is 12.7. The van der Waals surface area contributed by atoms with Crippen molar-refractivity contribution >= 4 is 23.1 Å². The molecule has 0 aromatic carbocycles. The number of hydrogen-bond donors (Lipinski definition) is 2. The Bertz CT molecular complexity index is 478. The number of rotatable bonds is 4. The summed E-state index contributed by atoms with van der Waals surface area (Å²) in [6.07, 6.45) is 4.61. The molecule has 0 saturated heterocycles. The number of amides is 1. The summed E-state index contributed by atoms with van der Waals surface area (Å²) in [6, 6.07) is 1.80. The zero-order chi connectivity index (χ0) is 13.9. The zero-order valence-electron chi connectivity index (χ0n) is 11.1. The van der Waals surface area contributed by atoms with E-state index in [9.17, 15) is 4.79 Å². The van der Waals surface area contributed by atoms with E-state index in [1.165, 1.54) is 0 Å². The number of nitrogens with two attached hydrogens (primary N) is 1. The first kappa shape index (κ1) is 14.0. The first-order valence-electron chi connectivity index (χ1n) is 6.55. The number of hydrogen-bond acceptors (Lipinski definition) is 4. The fourth-order valence-corrected chi connectivity index (χ4v) is 2.88. The lowest BCUT2D eigenvalue weighted by molar-refractivity contribution is -0.129. The second-order valence-electron chi connectivity index (χ2n) is 5.12. The molecule has 1 fully saturated rings. The van der Waals surface area contributed by atoms with Crippen LogP contribution in [-0.2, 0) is 11.3 Å². The van der Waals surface area contributed by atoms with Gasteiger partial charge in [-0.05, 0) is 19.8 Å². The molecule has 0 unspecified atom stereocenters. The van der Waals surface area contributed by atoms with Crippen molar-refractivity contribution in [2.75, 3.05) is 0 Å². The maximum absolute atomic E-state index is 12.4. The lowest BCUT2D eigenvalue weighted by Gasteiger charge is -2.34. The lowest BCUT2D eigenvalue weighted by Crippen LogP contribution is -2.49. The van der Waals surface area contributed by atoms with E-state index in [0.717, 1.165) is 37.9 Å². The van der Waals surface area contributed by atoms with E-state index in [2.05, 4.69) is 10.5 Å². The Kier molecular flexibility index (Phi) is 4.19. The highest BCUT2D eigenvalue weighted by Gasteiger charge is 2.42. The van der Waals surface area contributed by atoms with Crippen LogP contribution in [0.3, 0.4) is 0 Å². The lowest BCUT2D eigenvalue weighted by atomic mass is 9.73. The summed E-state index contributed by atoms with van der Waals surface area (Å²) in [7, 11) is 0. The van der Waals surface area contributed by atoms with Crippen molar-refractivity contribution in [3.8, 4) is 0 Å². The van der Waals surface area contributed by atoms with E-state index in [1.807, 2.05) is 6.92 Å². The molecule has 104 valence electrons. The molecule has 1 aromatic heterocycles. The molecule has 0 atom stereocenters. The van der Waals surface area contributed by atoms with Crippen molar-refractivity contribution in [3.63, 3.8) is 0 Å². The van der Waals surface area contributed by atoms with Crippen LogP contribution in [0.1, 0.15) is 43.6 Å². The number of nitrogens with zero attached hydrogens (tertiary/aromatic N) is 1. The van der Waals surface area contributed by atoms with Crippen LogP contribution in [0.15, 0.2) is 10.6 Å². The molecular weight excluding hydrogens is 262 g/mol. The molecule has 0 radical (unpaired) electrons. The van der Waals surface area contributed by atoms with Gasteiger partial charge in [0.15, 0.2) is 0 Å². The standard InChI is InChI=1S/C13H19N3O2S/c1-9-7-10(16-18-9)8-15-12(17)13(11(14)19)5-3-2-4-6-13/h7H,2-6,8H2,1H3,(H2,14,19)(H,15,17). The third-order valence-corrected chi connectivity index (χ3v) is 4.11. The first-order valence-corrected chi connectivity index (χ1v) is 6.96. The van der Waals surface area contributed by atoms with Gasteiger partial charge in [0.2, 0.25) is 5.91 Å². The van der Waals surface area contributed by atoms with Gasteiger partial charge in [0.25, 0.3) is 0 Å². The third-order valence-electron chi connectivity index (χ3n) is 3.72. The van der Waals surface area contributed by atoms with Gasteiger partial charge in [0.05, 0.1) is 16.9 Å². The van der Waals surface area contributed by atoms with Gasteiger partial charge < -0.3 is 15.6 Å². The van der Waals surface area contributed by atoms with E-state index in [4.69, 9.17) is 22.5 Å². The van der Waals surface area contributed by atoms with E-state index < -0.39 is 5.41 Å². The van der Waals surface area contributed by atoms with Gasteiger partial charge in [-0.3, -0.25) is 4.79 Å². The zero-order valence-corrected chi connectivity index (χ0v) is 11.9. The summed E-state index contributed by atoms with van der Waals surface area (Å²) in [5.74, 6) is 0.645. The minimum atomic E-state index is -0.674. The molecule has 1 saturated carbocycles. The van der Waals surface area contributed by atoms with Crippen molar-refractivity contribution in [2.45, 2.75) is 45.6 Å². The maximum atomic E-state index is 12.4. The number of carbonyl (C=O) groups is 1. The number of carbonyl (C=O) groups excluding carboxylic acids is 1. The number of aryl methyl sites for hydroxylation is 1. The van der Waals surface area contributed by atoms with Crippen molar-refractivity contribution in [3.05, 3.63) is 17.5 Å². The molecule has 1 aromatic rings. The Labute approximate surface area is 117 Å². The average Bonchev–Trinajstić information content (AvgIpc) is 2.82. The Morgan fingerprint density at radius 2 is 2.21 bits per heavy atom. The third kappa shape index (κ3) is 2.94. The fourth-order valence-electron chi connectivity index (χ4n) is 2.58. The second-order valence-corrected chi connectivity index (χ2v) is 5.56. The Morgan fingerprint density at radius 3 is 2.74 bits per heavy atom. The number of aromatic nitrogens is 1. The average molecular weight is 281 g/mol. The van der Waals surface area contributed by atoms with E-state index in [-0.39, 0.29) is 5.91 Å². The monoisotopic (exact) mass is 281 g/mol. The predicted octanol–water partition coefficient (Wildman–Crippen LogP) is 1.84. The molecule has 1 amide bonds. The fraction of sp³-hybridized carbons (Fsp3) is 0.615. The molecule has 0 spiro atoms. The summed E-state index contributed by atoms with van der Waals surface area (Å²) in [5, 5.41) is 6.72. The van der Waals surface area contributed by atoms with Crippen LogP contribution in [0.25, 0.3) is 0 Å². The van der Waals surface area contributed by atoms with Gasteiger partial charge in [-0.1, -0.05) is 36.6 Å². The van der Waals surface area contributed by atoms with Gasteiger partial charge in [0.1, 0.15) is 11.5 Å². The Morgan fingerprint density at radius 1 is 1.53 bits per heavy atom. The quantitative estimate of drug-likeness (QED) is 0.823. The van der Waals surface area contributed by atoms with Crippen LogP contribution < -0.4 is 11.1 Å². The summed E-state index contributed by atoms with van der Waals surface area (Å²) in [5.41, 5.74) is 5.85. The molecule has 1 aliphatic carbocycles. The van der Waals surface area contributed by atoms with Crippen molar-refractivity contribution in [1.29, 1.82) is 0 Å². The number of nitrogens with one attached hydrogen (secondary N) is 1. The first-order chi connectivity index (χ1) is 9.04. The maximum Gasteiger partial charge on any atom is 0.233 e. The van der Waals surface area contributed by atoms with Gasteiger partial charge in [-0.2, -0.15) is 0 Å². The summed E-state index contributed by atoms with van der Waals surface area (Å²) < 4.78 is 4.96. The van der Waals surface area contributed by atoms with Crippen LogP contribution in [0.5, 0.6) is 0 Å². The van der Waals surface area contributed by atoms with Crippen molar-refractivity contribution < 1.29 is 9.32 Å².